The molecule has 5 heteroatoms. The van der Waals surface area contributed by atoms with Gasteiger partial charge in [0.1, 0.15) is 17.4 Å². The Morgan fingerprint density at radius 3 is 2.61 bits per heavy atom. The Labute approximate surface area is 103 Å². The van der Waals surface area contributed by atoms with E-state index in [1.165, 1.54) is 6.07 Å². The molecule has 0 amide bonds. The van der Waals surface area contributed by atoms with Crippen LogP contribution in [-0.4, -0.2) is 24.7 Å². The van der Waals surface area contributed by atoms with Gasteiger partial charge in [0, 0.05) is 31.8 Å². The maximum absolute atomic E-state index is 13.4. The lowest BCUT2D eigenvalue weighted by molar-refractivity contribution is -0.123. The molecule has 0 saturated carbocycles. The minimum absolute atomic E-state index is 0.0288. The van der Waals surface area contributed by atoms with Crippen LogP contribution >= 0.6 is 0 Å². The fraction of sp³-hybridized carbons (Fsp3) is 0.385. The summed E-state index contributed by atoms with van der Waals surface area (Å²) in [6.07, 6.45) is 0.210. The van der Waals surface area contributed by atoms with Crippen molar-refractivity contribution < 1.29 is 18.4 Å². The van der Waals surface area contributed by atoms with Gasteiger partial charge in [-0.2, -0.15) is 0 Å². The first-order valence-electron chi connectivity index (χ1n) is 5.80. The van der Waals surface area contributed by atoms with Crippen LogP contribution < -0.4 is 5.32 Å². The van der Waals surface area contributed by atoms with Crippen molar-refractivity contribution >= 4 is 11.6 Å². The van der Waals surface area contributed by atoms with Crippen LogP contribution in [0.4, 0.5) is 8.78 Å². The highest BCUT2D eigenvalue weighted by Crippen LogP contribution is 2.19. The predicted octanol–water partition coefficient (Wildman–Crippen LogP) is 1.72. The van der Waals surface area contributed by atoms with E-state index in [0.29, 0.717) is 19.5 Å². The van der Waals surface area contributed by atoms with Gasteiger partial charge in [0.15, 0.2) is 5.78 Å². The highest BCUT2D eigenvalue weighted by atomic mass is 19.1. The first kappa shape index (κ1) is 12.8. The molecule has 1 aromatic carbocycles. The van der Waals surface area contributed by atoms with Crippen LogP contribution in [0.15, 0.2) is 18.2 Å². The summed E-state index contributed by atoms with van der Waals surface area (Å²) < 4.78 is 26.8. The van der Waals surface area contributed by atoms with Crippen LogP contribution in [0.25, 0.3) is 0 Å². The van der Waals surface area contributed by atoms with Gasteiger partial charge in [-0.25, -0.2) is 8.78 Å². The van der Waals surface area contributed by atoms with Gasteiger partial charge >= 0.3 is 0 Å². The number of piperidine rings is 1. The fourth-order valence-corrected chi connectivity index (χ4v) is 2.08. The van der Waals surface area contributed by atoms with Gasteiger partial charge in [-0.3, -0.25) is 9.59 Å². The molecular formula is C13H13F2NO2. The number of hydrogen-bond donors (Lipinski definition) is 1. The molecule has 0 radical (unpaired) electrons. The molecule has 1 fully saturated rings. The lowest BCUT2D eigenvalue weighted by Crippen LogP contribution is -2.38. The van der Waals surface area contributed by atoms with Crippen LogP contribution in [0.5, 0.6) is 0 Å². The number of carbonyl (C=O) groups is 2. The van der Waals surface area contributed by atoms with E-state index in [-0.39, 0.29) is 12.2 Å². The predicted molar refractivity (Wildman–Crippen MR) is 61.3 cm³/mol. The second-order valence-corrected chi connectivity index (χ2v) is 4.34. The van der Waals surface area contributed by atoms with Crippen molar-refractivity contribution in [1.82, 2.24) is 5.32 Å². The SMILES string of the molecule is O=C(CC1CNCCC1=O)c1c(F)cccc1F. The highest BCUT2D eigenvalue weighted by Gasteiger charge is 2.27. The summed E-state index contributed by atoms with van der Waals surface area (Å²) in [4.78, 5) is 23.4. The van der Waals surface area contributed by atoms with Crippen molar-refractivity contribution in [3.05, 3.63) is 35.4 Å². The van der Waals surface area contributed by atoms with Crippen molar-refractivity contribution in [2.75, 3.05) is 13.1 Å². The molecule has 1 saturated heterocycles. The molecule has 96 valence electrons. The maximum Gasteiger partial charge on any atom is 0.169 e. The Morgan fingerprint density at radius 2 is 2.00 bits per heavy atom. The summed E-state index contributed by atoms with van der Waals surface area (Å²) in [6, 6.07) is 3.28. The molecule has 1 aromatic rings. The molecule has 18 heavy (non-hydrogen) atoms. The number of halogens is 2. The van der Waals surface area contributed by atoms with Crippen LogP contribution in [0, 0.1) is 17.6 Å². The topological polar surface area (TPSA) is 46.2 Å². The zero-order valence-electron chi connectivity index (χ0n) is 9.71. The number of ketones is 2. The summed E-state index contributed by atoms with van der Waals surface area (Å²) in [5.41, 5.74) is -0.545. The second kappa shape index (κ2) is 5.35. The van der Waals surface area contributed by atoms with Crippen LogP contribution in [0.2, 0.25) is 0 Å². The second-order valence-electron chi connectivity index (χ2n) is 4.34. The van der Waals surface area contributed by atoms with Crippen LogP contribution in [0.1, 0.15) is 23.2 Å². The van der Waals surface area contributed by atoms with Crippen LogP contribution in [0.3, 0.4) is 0 Å². The Balaban J connectivity index is 2.14. The summed E-state index contributed by atoms with van der Waals surface area (Å²) in [7, 11) is 0. The van der Waals surface area contributed by atoms with Crippen molar-refractivity contribution in [3.8, 4) is 0 Å². The van der Waals surface area contributed by atoms with Crippen molar-refractivity contribution in [2.45, 2.75) is 12.8 Å². The maximum atomic E-state index is 13.4. The summed E-state index contributed by atoms with van der Waals surface area (Å²) in [5.74, 6) is -2.93. The zero-order chi connectivity index (χ0) is 13.1. The van der Waals surface area contributed by atoms with E-state index in [9.17, 15) is 18.4 Å². The third kappa shape index (κ3) is 2.61. The molecule has 1 heterocycles. The molecule has 0 aliphatic carbocycles. The highest BCUT2D eigenvalue weighted by molar-refractivity contribution is 5.99. The molecule has 0 spiro atoms. The van der Waals surface area contributed by atoms with E-state index in [1.54, 1.807) is 0 Å². The molecule has 0 bridgehead atoms. The first-order chi connectivity index (χ1) is 8.59. The normalized spacial score (nSPS) is 19.9. The minimum Gasteiger partial charge on any atom is -0.316 e. The van der Waals surface area contributed by atoms with Gasteiger partial charge in [-0.15, -0.1) is 0 Å². The summed E-state index contributed by atoms with van der Waals surface area (Å²) >= 11 is 0. The molecule has 0 aromatic heterocycles. The third-order valence-corrected chi connectivity index (χ3v) is 3.07. The lowest BCUT2D eigenvalue weighted by atomic mass is 9.90. The molecular weight excluding hydrogens is 240 g/mol. The molecule has 2 rings (SSSR count). The van der Waals surface area contributed by atoms with Crippen molar-refractivity contribution in [3.63, 3.8) is 0 Å². The molecule has 1 aliphatic rings. The van der Waals surface area contributed by atoms with Gasteiger partial charge in [0.2, 0.25) is 0 Å². The monoisotopic (exact) mass is 253 g/mol. The quantitative estimate of drug-likeness (QED) is 0.834. The van der Waals surface area contributed by atoms with Gasteiger partial charge < -0.3 is 5.32 Å². The van der Waals surface area contributed by atoms with Gasteiger partial charge in [0.05, 0.1) is 5.56 Å². The van der Waals surface area contributed by atoms with Gasteiger partial charge in [0.25, 0.3) is 0 Å². The number of rotatable bonds is 3. The largest absolute Gasteiger partial charge is 0.316 e. The van der Waals surface area contributed by atoms with E-state index in [1.807, 2.05) is 0 Å². The summed E-state index contributed by atoms with van der Waals surface area (Å²) in [6.45, 7) is 0.984. The number of benzene rings is 1. The van der Waals surface area contributed by atoms with Crippen LogP contribution in [-0.2, 0) is 4.79 Å². The Hall–Kier alpha value is -1.62. The van der Waals surface area contributed by atoms with E-state index >= 15 is 0 Å². The van der Waals surface area contributed by atoms with Crippen molar-refractivity contribution in [1.29, 1.82) is 0 Å². The average Bonchev–Trinajstić information content (AvgIpc) is 2.32. The summed E-state index contributed by atoms with van der Waals surface area (Å²) in [5, 5.41) is 2.99. The minimum atomic E-state index is -0.879. The third-order valence-electron chi connectivity index (χ3n) is 3.07. The van der Waals surface area contributed by atoms with Gasteiger partial charge in [-0.1, -0.05) is 6.07 Å². The number of carbonyl (C=O) groups excluding carboxylic acids is 2. The molecule has 1 N–H and O–H groups in total. The van der Waals surface area contributed by atoms with E-state index in [0.717, 1.165) is 12.1 Å². The average molecular weight is 253 g/mol. The number of hydrogen-bond acceptors (Lipinski definition) is 3. The van der Waals surface area contributed by atoms with E-state index < -0.39 is 28.9 Å². The Kier molecular flexibility index (Phi) is 3.81. The molecule has 1 aliphatic heterocycles. The standard InChI is InChI=1S/C13H13F2NO2/c14-9-2-1-3-10(15)13(9)12(18)6-8-7-16-5-4-11(8)17/h1-3,8,16H,4-7H2. The lowest BCUT2D eigenvalue weighted by Gasteiger charge is -2.20. The molecule has 1 atom stereocenters. The number of Topliss-reactive ketones (excluding diaryl/α,β-unsaturated/α-hetero) is 2. The molecule has 3 nitrogen and oxygen atoms in total. The first-order valence-corrected chi connectivity index (χ1v) is 5.80. The van der Waals surface area contributed by atoms with Crippen molar-refractivity contribution in [2.24, 2.45) is 5.92 Å². The van der Waals surface area contributed by atoms with E-state index in [4.69, 9.17) is 0 Å². The molecule has 1 unspecified atom stereocenters. The Bertz CT molecular complexity index is 468. The van der Waals surface area contributed by atoms with E-state index in [2.05, 4.69) is 5.32 Å². The Morgan fingerprint density at radius 1 is 1.33 bits per heavy atom. The zero-order valence-corrected chi connectivity index (χ0v) is 9.71. The smallest absolute Gasteiger partial charge is 0.169 e. The number of nitrogens with one attached hydrogen (secondary N) is 1. The van der Waals surface area contributed by atoms with Gasteiger partial charge in [-0.05, 0) is 12.1 Å². The fourth-order valence-electron chi connectivity index (χ4n) is 2.08.